The van der Waals surface area contributed by atoms with Gasteiger partial charge < -0.3 is 10.2 Å². The molecule has 0 aromatic carbocycles. The van der Waals surface area contributed by atoms with E-state index in [2.05, 4.69) is 25.3 Å². The van der Waals surface area contributed by atoms with Crippen LogP contribution < -0.4 is 0 Å². The number of hydrogen-bond donors (Lipinski definition) is 4. The highest BCUT2D eigenvalue weighted by molar-refractivity contribution is 7.82. The van der Waals surface area contributed by atoms with Gasteiger partial charge in [-0.05, 0) is 12.8 Å². The van der Waals surface area contributed by atoms with Gasteiger partial charge in [-0.1, -0.05) is 0 Å². The van der Waals surface area contributed by atoms with E-state index in [0.717, 1.165) is 12.8 Å². The second-order valence-corrected chi connectivity index (χ2v) is 3.64. The molecule has 0 aromatic heterocycles. The van der Waals surface area contributed by atoms with Gasteiger partial charge in [0, 0.05) is 0 Å². The smallest absolute Gasteiger partial charge is 0.186 e. The van der Waals surface area contributed by atoms with Gasteiger partial charge in [-0.25, -0.2) is 0 Å². The zero-order chi connectivity index (χ0) is 7.07. The Morgan fingerprint density at radius 1 is 1.11 bits per heavy atom. The van der Waals surface area contributed by atoms with Crippen molar-refractivity contribution in [1.29, 1.82) is 0 Å². The van der Waals surface area contributed by atoms with E-state index in [1.54, 1.807) is 0 Å². The Morgan fingerprint density at radius 3 is 1.56 bits per heavy atom. The molecule has 2 N–H and O–H groups in total. The molecule has 0 unspecified atom stereocenters. The minimum atomic E-state index is -1.66. The van der Waals surface area contributed by atoms with Gasteiger partial charge in [-0.2, -0.15) is 25.3 Å². The Morgan fingerprint density at radius 2 is 1.44 bits per heavy atom. The molecule has 1 fully saturated rings. The third kappa shape index (κ3) is 1.22. The largest absolute Gasteiger partial charge is 0.364 e. The predicted octanol–water partition coefficient (Wildman–Crippen LogP) is 0.0579. The molecular formula is C5H10O2S2. The second kappa shape index (κ2) is 2.34. The summed E-state index contributed by atoms with van der Waals surface area (Å²) in [4.78, 5) is 0. The summed E-state index contributed by atoms with van der Waals surface area (Å²) in [6, 6.07) is 0. The molecule has 0 heterocycles. The summed E-state index contributed by atoms with van der Waals surface area (Å²) in [5, 5.41) is 17.6. The first kappa shape index (κ1) is 7.72. The first-order valence-corrected chi connectivity index (χ1v) is 3.89. The van der Waals surface area contributed by atoms with Gasteiger partial charge in [0.1, 0.15) is 0 Å². The molecule has 1 aliphatic carbocycles. The highest BCUT2D eigenvalue weighted by Crippen LogP contribution is 2.35. The molecule has 0 aromatic rings. The lowest BCUT2D eigenvalue weighted by Crippen LogP contribution is -2.40. The first-order valence-electron chi connectivity index (χ1n) is 2.86. The Kier molecular flexibility index (Phi) is 2.01. The summed E-state index contributed by atoms with van der Waals surface area (Å²) < 4.78 is 0. The molecule has 1 rings (SSSR count). The fraction of sp³-hybridized carbons (Fsp3) is 1.00. The van der Waals surface area contributed by atoms with Crippen molar-refractivity contribution in [2.45, 2.75) is 29.1 Å². The number of aliphatic hydroxyl groups is 2. The number of hydrogen-bond acceptors (Lipinski definition) is 4. The molecule has 9 heavy (non-hydrogen) atoms. The Labute approximate surface area is 65.1 Å². The number of rotatable bonds is 0. The summed E-state index contributed by atoms with van der Waals surface area (Å²) in [6.45, 7) is 0. The predicted molar refractivity (Wildman–Crippen MR) is 42.0 cm³/mol. The summed E-state index contributed by atoms with van der Waals surface area (Å²) in [5.41, 5.74) is 0. The van der Waals surface area contributed by atoms with Crippen LogP contribution in [-0.2, 0) is 0 Å². The van der Waals surface area contributed by atoms with Crippen LogP contribution in [0.4, 0.5) is 0 Å². The normalized spacial score (nSPS) is 41.3. The molecule has 0 aliphatic heterocycles. The quantitative estimate of drug-likeness (QED) is 0.303. The highest BCUT2D eigenvalue weighted by atomic mass is 32.1. The van der Waals surface area contributed by atoms with Gasteiger partial charge in [-0.3, -0.25) is 0 Å². The molecular weight excluding hydrogens is 156 g/mol. The van der Waals surface area contributed by atoms with Gasteiger partial charge in [0.05, 0.1) is 10.5 Å². The maximum Gasteiger partial charge on any atom is 0.186 e. The summed E-state index contributed by atoms with van der Waals surface area (Å²) in [5.74, 6) is -1.66. The minimum absolute atomic E-state index is 0.333. The van der Waals surface area contributed by atoms with Crippen molar-refractivity contribution in [2.24, 2.45) is 0 Å². The van der Waals surface area contributed by atoms with E-state index in [1.807, 2.05) is 0 Å². The Hall–Kier alpha value is 0.620. The number of thiol groups is 2. The Balaban J connectivity index is 2.66. The SMILES string of the molecule is OC1(O)[C@H](S)CC[C@@H]1S. The maximum atomic E-state index is 9.13. The van der Waals surface area contributed by atoms with Crippen molar-refractivity contribution in [1.82, 2.24) is 0 Å². The fourth-order valence-electron chi connectivity index (χ4n) is 0.963. The molecule has 1 saturated carbocycles. The van der Waals surface area contributed by atoms with E-state index >= 15 is 0 Å². The highest BCUT2D eigenvalue weighted by Gasteiger charge is 2.44. The van der Waals surface area contributed by atoms with Crippen molar-refractivity contribution < 1.29 is 10.2 Å². The molecule has 0 radical (unpaired) electrons. The average molecular weight is 166 g/mol. The molecule has 54 valence electrons. The summed E-state index contributed by atoms with van der Waals surface area (Å²) in [7, 11) is 0. The topological polar surface area (TPSA) is 40.5 Å². The van der Waals surface area contributed by atoms with Gasteiger partial charge >= 0.3 is 0 Å². The van der Waals surface area contributed by atoms with Gasteiger partial charge in [-0.15, -0.1) is 0 Å². The van der Waals surface area contributed by atoms with Crippen LogP contribution in [0, 0.1) is 0 Å². The lowest BCUT2D eigenvalue weighted by molar-refractivity contribution is -0.143. The van der Waals surface area contributed by atoms with Gasteiger partial charge in [0.25, 0.3) is 0 Å². The summed E-state index contributed by atoms with van der Waals surface area (Å²) in [6.07, 6.45) is 1.45. The van der Waals surface area contributed by atoms with Crippen LogP contribution in [0.2, 0.25) is 0 Å². The van der Waals surface area contributed by atoms with E-state index in [4.69, 9.17) is 10.2 Å². The van der Waals surface area contributed by atoms with E-state index in [9.17, 15) is 0 Å². The van der Waals surface area contributed by atoms with Crippen molar-refractivity contribution in [2.75, 3.05) is 0 Å². The molecule has 0 bridgehead atoms. The zero-order valence-electron chi connectivity index (χ0n) is 4.86. The van der Waals surface area contributed by atoms with Crippen molar-refractivity contribution in [3.8, 4) is 0 Å². The first-order chi connectivity index (χ1) is 4.05. The second-order valence-electron chi connectivity index (χ2n) is 2.39. The van der Waals surface area contributed by atoms with E-state index in [-0.39, 0.29) is 10.5 Å². The third-order valence-electron chi connectivity index (χ3n) is 1.69. The van der Waals surface area contributed by atoms with Crippen LogP contribution in [0.25, 0.3) is 0 Å². The molecule has 0 amide bonds. The van der Waals surface area contributed by atoms with E-state index in [0.29, 0.717) is 0 Å². The van der Waals surface area contributed by atoms with Crippen LogP contribution in [0.5, 0.6) is 0 Å². The van der Waals surface area contributed by atoms with Crippen molar-refractivity contribution >= 4 is 25.3 Å². The van der Waals surface area contributed by atoms with Gasteiger partial charge in [0.2, 0.25) is 0 Å². The molecule has 2 nitrogen and oxygen atoms in total. The Bertz CT molecular complexity index is 104. The van der Waals surface area contributed by atoms with E-state index < -0.39 is 5.79 Å². The molecule has 4 heteroatoms. The van der Waals surface area contributed by atoms with Gasteiger partial charge in [0.15, 0.2) is 5.79 Å². The molecule has 0 saturated heterocycles. The maximum absolute atomic E-state index is 9.13. The van der Waals surface area contributed by atoms with Crippen LogP contribution in [0.1, 0.15) is 12.8 Å². The molecule has 2 atom stereocenters. The summed E-state index contributed by atoms with van der Waals surface area (Å²) >= 11 is 7.97. The molecule has 0 spiro atoms. The third-order valence-corrected chi connectivity index (χ3v) is 2.97. The van der Waals surface area contributed by atoms with Crippen LogP contribution in [0.3, 0.4) is 0 Å². The van der Waals surface area contributed by atoms with Crippen LogP contribution >= 0.6 is 25.3 Å². The fourth-order valence-corrected chi connectivity index (χ4v) is 1.74. The van der Waals surface area contributed by atoms with Crippen molar-refractivity contribution in [3.63, 3.8) is 0 Å². The van der Waals surface area contributed by atoms with Crippen LogP contribution in [-0.4, -0.2) is 26.5 Å². The average Bonchev–Trinajstić information content (AvgIpc) is 1.96. The van der Waals surface area contributed by atoms with Crippen LogP contribution in [0.15, 0.2) is 0 Å². The lowest BCUT2D eigenvalue weighted by atomic mass is 10.2. The standard InChI is InChI=1S/C5H10O2S2/c6-5(7)3(8)1-2-4(5)9/h3-4,6-9H,1-2H2/t3-,4+. The lowest BCUT2D eigenvalue weighted by Gasteiger charge is -2.23. The minimum Gasteiger partial charge on any atom is -0.364 e. The molecule has 1 aliphatic rings. The zero-order valence-corrected chi connectivity index (χ0v) is 6.65. The van der Waals surface area contributed by atoms with E-state index in [1.165, 1.54) is 0 Å². The monoisotopic (exact) mass is 166 g/mol. The van der Waals surface area contributed by atoms with Crippen molar-refractivity contribution in [3.05, 3.63) is 0 Å².